The maximum absolute atomic E-state index is 12.3. The Kier molecular flexibility index (Phi) is 6.62. The van der Waals surface area contributed by atoms with Crippen molar-refractivity contribution in [2.24, 2.45) is 0 Å². The molecule has 3 N–H and O–H groups in total. The summed E-state index contributed by atoms with van der Waals surface area (Å²) in [6.45, 7) is 3.77. The first-order valence-corrected chi connectivity index (χ1v) is 9.37. The first-order chi connectivity index (χ1) is 14.0. The number of aromatic nitrogens is 1. The summed E-state index contributed by atoms with van der Waals surface area (Å²) >= 11 is 0. The van der Waals surface area contributed by atoms with E-state index in [1.165, 1.54) is 6.92 Å². The Hall–Kier alpha value is -3.62. The molecule has 29 heavy (non-hydrogen) atoms. The van der Waals surface area contributed by atoms with Crippen LogP contribution in [0.4, 0.5) is 22.0 Å². The summed E-state index contributed by atoms with van der Waals surface area (Å²) in [6, 6.07) is 12.3. The Balaban J connectivity index is 1.42. The molecule has 9 heteroatoms. The molecule has 1 aromatic heterocycles. The van der Waals surface area contributed by atoms with Gasteiger partial charge in [-0.25, -0.2) is 9.78 Å². The highest BCUT2D eigenvalue weighted by molar-refractivity contribution is 5.95. The van der Waals surface area contributed by atoms with Crippen molar-refractivity contribution in [2.75, 3.05) is 48.3 Å². The van der Waals surface area contributed by atoms with Crippen molar-refractivity contribution in [1.29, 1.82) is 0 Å². The van der Waals surface area contributed by atoms with Crippen molar-refractivity contribution < 1.29 is 14.4 Å². The number of carbonyl (C=O) groups excluding carboxylic acids is 3. The Morgan fingerprint density at radius 2 is 1.69 bits per heavy atom. The number of nitrogens with one attached hydrogen (secondary N) is 3. The number of carbonyl (C=O) groups is 3. The van der Waals surface area contributed by atoms with Crippen LogP contribution in [0.1, 0.15) is 6.92 Å². The van der Waals surface area contributed by atoms with Gasteiger partial charge in [0.2, 0.25) is 11.8 Å². The van der Waals surface area contributed by atoms with Gasteiger partial charge in [0.25, 0.3) is 0 Å². The largest absolute Gasteiger partial charge is 0.353 e. The van der Waals surface area contributed by atoms with Gasteiger partial charge in [-0.1, -0.05) is 12.1 Å². The van der Waals surface area contributed by atoms with Gasteiger partial charge in [0.1, 0.15) is 5.82 Å². The van der Waals surface area contributed by atoms with Crippen LogP contribution in [0.25, 0.3) is 0 Å². The fourth-order valence-corrected chi connectivity index (χ4v) is 3.03. The van der Waals surface area contributed by atoms with Gasteiger partial charge in [0.15, 0.2) is 0 Å². The monoisotopic (exact) mass is 396 g/mol. The fourth-order valence-electron chi connectivity index (χ4n) is 3.03. The number of rotatable bonds is 5. The topological polar surface area (TPSA) is 107 Å². The van der Waals surface area contributed by atoms with Gasteiger partial charge in [-0.05, 0) is 30.3 Å². The molecule has 1 aromatic carbocycles. The minimum absolute atomic E-state index is 0.135. The molecule has 1 aliphatic heterocycles. The second-order valence-corrected chi connectivity index (χ2v) is 6.63. The van der Waals surface area contributed by atoms with Crippen LogP contribution in [0.2, 0.25) is 0 Å². The fraction of sp³-hybridized carbons (Fsp3) is 0.300. The zero-order valence-electron chi connectivity index (χ0n) is 16.2. The Labute approximate surface area is 169 Å². The number of urea groups is 1. The molecule has 2 aromatic rings. The van der Waals surface area contributed by atoms with E-state index in [9.17, 15) is 14.4 Å². The molecule has 0 unspecified atom stereocenters. The van der Waals surface area contributed by atoms with E-state index >= 15 is 0 Å². The average Bonchev–Trinajstić information content (AvgIpc) is 2.72. The van der Waals surface area contributed by atoms with Crippen LogP contribution in [0.5, 0.6) is 0 Å². The van der Waals surface area contributed by atoms with Crippen molar-refractivity contribution >= 4 is 35.0 Å². The third-order valence-corrected chi connectivity index (χ3v) is 4.41. The molecule has 0 bridgehead atoms. The van der Waals surface area contributed by atoms with Crippen LogP contribution in [0, 0.1) is 0 Å². The Morgan fingerprint density at radius 1 is 0.966 bits per heavy atom. The SMILES string of the molecule is CC(=O)Nc1cccc(NC(=O)CNC(=O)N2CCN(c3ccccn3)CC2)c1. The summed E-state index contributed by atoms with van der Waals surface area (Å²) in [4.78, 5) is 43.7. The van der Waals surface area contributed by atoms with Crippen LogP contribution < -0.4 is 20.9 Å². The lowest BCUT2D eigenvalue weighted by atomic mass is 10.2. The van der Waals surface area contributed by atoms with E-state index in [0.717, 1.165) is 5.82 Å². The number of pyridine rings is 1. The van der Waals surface area contributed by atoms with Gasteiger partial charge in [-0.2, -0.15) is 0 Å². The van der Waals surface area contributed by atoms with E-state index in [1.54, 1.807) is 35.4 Å². The Bertz CT molecular complexity index is 866. The summed E-state index contributed by atoms with van der Waals surface area (Å²) in [7, 11) is 0. The lowest BCUT2D eigenvalue weighted by Crippen LogP contribution is -2.52. The molecule has 0 saturated carbocycles. The zero-order valence-corrected chi connectivity index (χ0v) is 16.2. The van der Waals surface area contributed by atoms with Gasteiger partial charge in [-0.3, -0.25) is 9.59 Å². The van der Waals surface area contributed by atoms with Gasteiger partial charge in [-0.15, -0.1) is 0 Å². The highest BCUT2D eigenvalue weighted by atomic mass is 16.2. The normalized spacial score (nSPS) is 13.6. The van der Waals surface area contributed by atoms with E-state index in [1.807, 2.05) is 18.2 Å². The van der Waals surface area contributed by atoms with E-state index in [0.29, 0.717) is 37.6 Å². The van der Waals surface area contributed by atoms with Crippen molar-refractivity contribution in [3.8, 4) is 0 Å². The number of piperazine rings is 1. The summed E-state index contributed by atoms with van der Waals surface area (Å²) in [5, 5.41) is 8.00. The third-order valence-electron chi connectivity index (χ3n) is 4.41. The van der Waals surface area contributed by atoms with Gasteiger partial charge < -0.3 is 25.8 Å². The lowest BCUT2D eigenvalue weighted by Gasteiger charge is -2.35. The second-order valence-electron chi connectivity index (χ2n) is 6.63. The number of hydrogen-bond acceptors (Lipinski definition) is 5. The molecule has 0 spiro atoms. The average molecular weight is 396 g/mol. The van der Waals surface area contributed by atoms with Crippen LogP contribution >= 0.6 is 0 Å². The summed E-state index contributed by atoms with van der Waals surface area (Å²) in [6.07, 6.45) is 1.75. The van der Waals surface area contributed by atoms with Crippen molar-refractivity contribution in [3.63, 3.8) is 0 Å². The second kappa shape index (κ2) is 9.54. The lowest BCUT2D eigenvalue weighted by molar-refractivity contribution is -0.115. The number of benzene rings is 1. The molecular weight excluding hydrogens is 372 g/mol. The van der Waals surface area contributed by atoms with E-state index in [2.05, 4.69) is 25.8 Å². The first-order valence-electron chi connectivity index (χ1n) is 9.37. The molecule has 9 nitrogen and oxygen atoms in total. The summed E-state index contributed by atoms with van der Waals surface area (Å²) in [5.74, 6) is 0.364. The minimum atomic E-state index is -0.342. The Morgan fingerprint density at radius 3 is 2.34 bits per heavy atom. The summed E-state index contributed by atoms with van der Waals surface area (Å²) in [5.41, 5.74) is 1.13. The quantitative estimate of drug-likeness (QED) is 0.710. The molecule has 3 rings (SSSR count). The van der Waals surface area contributed by atoms with E-state index in [4.69, 9.17) is 0 Å². The smallest absolute Gasteiger partial charge is 0.317 e. The highest BCUT2D eigenvalue weighted by Crippen LogP contribution is 2.15. The molecule has 4 amide bonds. The van der Waals surface area contributed by atoms with Crippen LogP contribution in [0.3, 0.4) is 0 Å². The molecular formula is C20H24N6O3. The molecule has 1 aliphatic rings. The number of hydrogen-bond donors (Lipinski definition) is 3. The predicted octanol–water partition coefficient (Wildman–Crippen LogP) is 1.51. The van der Waals surface area contributed by atoms with E-state index < -0.39 is 0 Å². The standard InChI is InChI=1S/C20H24N6O3/c1-15(27)23-16-5-4-6-17(13-16)24-19(28)14-22-20(29)26-11-9-25(10-12-26)18-7-2-3-8-21-18/h2-8,13H,9-12,14H2,1H3,(H,22,29)(H,23,27)(H,24,28). The molecule has 152 valence electrons. The molecule has 2 heterocycles. The van der Waals surface area contributed by atoms with Crippen molar-refractivity contribution in [3.05, 3.63) is 48.7 Å². The van der Waals surface area contributed by atoms with Gasteiger partial charge >= 0.3 is 6.03 Å². The molecule has 0 aliphatic carbocycles. The van der Waals surface area contributed by atoms with Gasteiger partial charge in [0.05, 0.1) is 6.54 Å². The number of anilines is 3. The van der Waals surface area contributed by atoms with E-state index in [-0.39, 0.29) is 24.4 Å². The minimum Gasteiger partial charge on any atom is -0.353 e. The number of nitrogens with zero attached hydrogens (tertiary/aromatic N) is 3. The first kappa shape index (κ1) is 20.1. The highest BCUT2D eigenvalue weighted by Gasteiger charge is 2.22. The third kappa shape index (κ3) is 5.93. The van der Waals surface area contributed by atoms with Gasteiger partial charge in [0, 0.05) is 50.7 Å². The maximum atomic E-state index is 12.3. The van der Waals surface area contributed by atoms with Crippen LogP contribution in [-0.4, -0.2) is 60.5 Å². The molecule has 1 fully saturated rings. The van der Waals surface area contributed by atoms with Crippen molar-refractivity contribution in [2.45, 2.75) is 6.92 Å². The maximum Gasteiger partial charge on any atom is 0.317 e. The van der Waals surface area contributed by atoms with Crippen LogP contribution in [0.15, 0.2) is 48.7 Å². The predicted molar refractivity (Wildman–Crippen MR) is 111 cm³/mol. The molecule has 0 radical (unpaired) electrons. The molecule has 0 atom stereocenters. The van der Waals surface area contributed by atoms with Crippen molar-refractivity contribution in [1.82, 2.24) is 15.2 Å². The number of amides is 4. The molecule has 1 saturated heterocycles. The van der Waals surface area contributed by atoms with Crippen LogP contribution in [-0.2, 0) is 9.59 Å². The zero-order chi connectivity index (χ0) is 20.6. The summed E-state index contributed by atoms with van der Waals surface area (Å²) < 4.78 is 0.